The maximum absolute atomic E-state index is 13.1. The Balaban J connectivity index is 1.68. The number of rotatable bonds is 11. The number of esters is 3. The molecule has 292 valence electrons. The molecular formula is C41H62O9S2. The molecule has 0 spiro atoms. The van der Waals surface area contributed by atoms with Crippen molar-refractivity contribution in [2.24, 2.45) is 46.3 Å². The van der Waals surface area contributed by atoms with Gasteiger partial charge in [-0.1, -0.05) is 44.3 Å². The lowest BCUT2D eigenvalue weighted by atomic mass is 9.46. The number of ether oxygens (including phenoxy) is 3. The Morgan fingerprint density at radius 3 is 2.02 bits per heavy atom. The van der Waals surface area contributed by atoms with E-state index >= 15 is 0 Å². The van der Waals surface area contributed by atoms with Crippen molar-refractivity contribution in [1.82, 2.24) is 0 Å². The predicted molar refractivity (Wildman–Crippen MR) is 208 cm³/mol. The third kappa shape index (κ3) is 8.14. The van der Waals surface area contributed by atoms with Crippen molar-refractivity contribution in [2.45, 2.75) is 136 Å². The quantitative estimate of drug-likeness (QED) is 0.0605. The van der Waals surface area contributed by atoms with Gasteiger partial charge in [0.2, 0.25) is 0 Å². The molecule has 4 aliphatic rings. The van der Waals surface area contributed by atoms with E-state index in [0.29, 0.717) is 48.8 Å². The largest absolute Gasteiger partial charge is 0.462 e. The van der Waals surface area contributed by atoms with Gasteiger partial charge < -0.3 is 29.5 Å². The number of aliphatic hydroxyl groups excluding tert-OH is 3. The highest BCUT2D eigenvalue weighted by Crippen LogP contribution is 2.63. The van der Waals surface area contributed by atoms with Gasteiger partial charge in [0.1, 0.15) is 18.8 Å². The van der Waals surface area contributed by atoms with Crippen molar-refractivity contribution in [2.75, 3.05) is 13.2 Å². The Hall–Kier alpha value is -2.05. The van der Waals surface area contributed by atoms with Gasteiger partial charge in [-0.05, 0) is 128 Å². The van der Waals surface area contributed by atoms with Gasteiger partial charge in [0.05, 0.1) is 24.2 Å². The molecule has 9 nitrogen and oxygen atoms in total. The second kappa shape index (κ2) is 17.2. The minimum atomic E-state index is -1.30. The molecule has 4 saturated carbocycles. The van der Waals surface area contributed by atoms with Gasteiger partial charge in [0.15, 0.2) is 0 Å². The molecule has 52 heavy (non-hydrogen) atoms. The van der Waals surface area contributed by atoms with Crippen molar-refractivity contribution in [3.8, 4) is 0 Å². The first-order valence-corrected chi connectivity index (χ1v) is 20.0. The molecule has 12 atom stereocenters. The molecule has 9 unspecified atom stereocenters. The second-order valence-electron chi connectivity index (χ2n) is 16.7. The van der Waals surface area contributed by atoms with E-state index in [4.69, 9.17) is 39.1 Å². The molecule has 4 aliphatic carbocycles. The van der Waals surface area contributed by atoms with Crippen LogP contribution >= 0.6 is 24.8 Å². The van der Waals surface area contributed by atoms with Crippen LogP contribution in [0.2, 0.25) is 0 Å². The number of carbonyl (C=O) groups is 3. The maximum atomic E-state index is 13.1. The summed E-state index contributed by atoms with van der Waals surface area (Å²) in [5, 5.41) is 37.6. The Labute approximate surface area is 321 Å². The zero-order valence-corrected chi connectivity index (χ0v) is 34.0. The highest BCUT2D eigenvalue weighted by atomic mass is 32.1. The molecule has 4 fully saturated rings. The number of hydrogen-bond acceptors (Lipinski definition) is 11. The lowest BCUT2D eigenvalue weighted by molar-refractivity contribution is -0.254. The fourth-order valence-corrected chi connectivity index (χ4v) is 11.0. The SMILES string of the molecule is C/C=C(\C)C(=O)OCC1C(O)CCC2C1CCC(S)(C1CC3CC(C)(C)C(OC(=O)/C(C)=C/C)[C@H](O)[C@]3(COC(=O)/C(C)=C/C)[C@H](O)C1)C2CC=S. The first kappa shape index (κ1) is 42.7. The molecule has 0 saturated heterocycles. The van der Waals surface area contributed by atoms with Gasteiger partial charge >= 0.3 is 17.9 Å². The third-order valence-corrected chi connectivity index (χ3v) is 14.8. The number of hydrogen-bond donors (Lipinski definition) is 4. The lowest BCUT2D eigenvalue weighted by Crippen LogP contribution is -2.69. The monoisotopic (exact) mass is 762 g/mol. The first-order valence-electron chi connectivity index (χ1n) is 19.1. The van der Waals surface area contributed by atoms with Crippen LogP contribution in [0.25, 0.3) is 0 Å². The Bertz CT molecular complexity index is 1440. The van der Waals surface area contributed by atoms with E-state index in [1.807, 2.05) is 13.8 Å². The lowest BCUT2D eigenvalue weighted by Gasteiger charge is -2.63. The van der Waals surface area contributed by atoms with E-state index in [1.165, 1.54) is 0 Å². The summed E-state index contributed by atoms with van der Waals surface area (Å²) in [5.41, 5.74) is -0.567. The van der Waals surface area contributed by atoms with Crippen LogP contribution in [0.4, 0.5) is 0 Å². The van der Waals surface area contributed by atoms with Crippen molar-refractivity contribution in [3.63, 3.8) is 0 Å². The molecule has 3 N–H and O–H groups in total. The number of aliphatic hydroxyl groups is 3. The normalized spacial score (nSPS) is 39.4. The zero-order valence-electron chi connectivity index (χ0n) is 32.3. The number of fused-ring (bicyclic) bond motifs is 2. The average Bonchev–Trinajstić information content (AvgIpc) is 3.11. The van der Waals surface area contributed by atoms with Crippen molar-refractivity contribution < 1.29 is 43.9 Å². The molecule has 0 heterocycles. The van der Waals surface area contributed by atoms with Gasteiger partial charge in [0, 0.05) is 32.8 Å². The molecule has 0 aromatic heterocycles. The van der Waals surface area contributed by atoms with E-state index < -0.39 is 51.9 Å². The summed E-state index contributed by atoms with van der Waals surface area (Å²) in [6.45, 7) is 14.2. The Morgan fingerprint density at radius 2 is 1.42 bits per heavy atom. The van der Waals surface area contributed by atoms with E-state index in [-0.39, 0.29) is 54.7 Å². The molecule has 0 aromatic carbocycles. The van der Waals surface area contributed by atoms with Crippen molar-refractivity contribution in [3.05, 3.63) is 34.9 Å². The number of thiol groups is 1. The first-order chi connectivity index (χ1) is 24.4. The van der Waals surface area contributed by atoms with Crippen LogP contribution in [0.3, 0.4) is 0 Å². The summed E-state index contributed by atoms with van der Waals surface area (Å²) < 4.78 is 17.1. The Morgan fingerprint density at radius 1 is 0.827 bits per heavy atom. The smallest absolute Gasteiger partial charge is 0.333 e. The average molecular weight is 763 g/mol. The maximum Gasteiger partial charge on any atom is 0.333 e. The van der Waals surface area contributed by atoms with Crippen LogP contribution in [0, 0.1) is 46.3 Å². The van der Waals surface area contributed by atoms with Crippen LogP contribution in [0.5, 0.6) is 0 Å². The molecule has 0 aliphatic heterocycles. The van der Waals surface area contributed by atoms with Crippen LogP contribution in [0.1, 0.15) is 107 Å². The van der Waals surface area contributed by atoms with Gasteiger partial charge in [-0.2, -0.15) is 12.6 Å². The van der Waals surface area contributed by atoms with Crippen molar-refractivity contribution >= 4 is 48.1 Å². The highest BCUT2D eigenvalue weighted by molar-refractivity contribution is 7.81. The third-order valence-electron chi connectivity index (χ3n) is 13.7. The molecule has 0 radical (unpaired) electrons. The number of thiocarbonyl (C=S) groups is 1. The number of allylic oxidation sites excluding steroid dienone is 3. The summed E-state index contributed by atoms with van der Waals surface area (Å²) in [6.07, 6.45) is 6.11. The summed E-state index contributed by atoms with van der Waals surface area (Å²) in [7, 11) is 0. The summed E-state index contributed by atoms with van der Waals surface area (Å²) in [4.78, 5) is 38.6. The molecule has 11 heteroatoms. The second-order valence-corrected chi connectivity index (χ2v) is 17.9. The molecular weight excluding hydrogens is 701 g/mol. The minimum absolute atomic E-state index is 0.0500. The van der Waals surface area contributed by atoms with Gasteiger partial charge in [-0.15, -0.1) is 0 Å². The minimum Gasteiger partial charge on any atom is -0.462 e. The topological polar surface area (TPSA) is 140 Å². The van der Waals surface area contributed by atoms with Crippen LogP contribution in [-0.2, 0) is 28.6 Å². The summed E-state index contributed by atoms with van der Waals surface area (Å²) in [6, 6.07) is 0. The van der Waals surface area contributed by atoms with Crippen molar-refractivity contribution in [1.29, 1.82) is 0 Å². The van der Waals surface area contributed by atoms with Crippen LogP contribution < -0.4 is 0 Å². The fraction of sp³-hybridized carbons (Fsp3) is 0.756. The van der Waals surface area contributed by atoms with Gasteiger partial charge in [-0.25, -0.2) is 14.4 Å². The van der Waals surface area contributed by atoms with E-state index in [2.05, 4.69) is 0 Å². The number of carbonyl (C=O) groups excluding carboxylic acids is 3. The van der Waals surface area contributed by atoms with Crippen LogP contribution in [-0.4, -0.2) is 81.0 Å². The van der Waals surface area contributed by atoms with E-state index in [1.54, 1.807) is 65.1 Å². The predicted octanol–water partition coefficient (Wildman–Crippen LogP) is 6.52. The van der Waals surface area contributed by atoms with Gasteiger partial charge in [-0.3, -0.25) is 0 Å². The molecule has 0 amide bonds. The zero-order chi connectivity index (χ0) is 38.8. The molecule has 0 aromatic rings. The summed E-state index contributed by atoms with van der Waals surface area (Å²) in [5.74, 6) is -1.62. The fourth-order valence-electron chi connectivity index (χ4n) is 10.2. The van der Waals surface area contributed by atoms with E-state index in [9.17, 15) is 29.7 Å². The summed E-state index contributed by atoms with van der Waals surface area (Å²) >= 11 is 11.1. The van der Waals surface area contributed by atoms with E-state index in [0.717, 1.165) is 19.3 Å². The molecule has 0 bridgehead atoms. The highest BCUT2D eigenvalue weighted by Gasteiger charge is 2.66. The standard InChI is InChI=1S/C41H62O9S2/c1-9-23(4)36(45)48-21-30-28-14-16-41(52,31(15-17-51)29(28)12-13-32(30)42)26-18-27-20-39(7,8)35(50-38(47)25(6)11-3)34(44)40(27,33(43)19-26)22-49-37(46)24(5)10-2/h9-11,17,26-35,42-44,52H,12-16,18-22H2,1-8H3/b23-9+,24-10+,25-11+/t26?,27?,28?,29?,30?,31?,32?,33-,34+,35?,40+,41?/m1/s1. The molecule has 4 rings (SSSR count). The van der Waals surface area contributed by atoms with Crippen LogP contribution in [0.15, 0.2) is 34.9 Å². The van der Waals surface area contributed by atoms with Gasteiger partial charge in [0.25, 0.3) is 0 Å². The Kier molecular flexibility index (Phi) is 14.1.